The molecule has 1 aromatic rings. The Labute approximate surface area is 113 Å². The van der Waals surface area contributed by atoms with Gasteiger partial charge in [-0.05, 0) is 25.5 Å². The van der Waals surface area contributed by atoms with Gasteiger partial charge in [0.2, 0.25) is 9.84 Å². The van der Waals surface area contributed by atoms with Crippen molar-refractivity contribution >= 4 is 30.9 Å². The van der Waals surface area contributed by atoms with Crippen LogP contribution < -0.4 is 5.73 Å². The van der Waals surface area contributed by atoms with Crippen molar-refractivity contribution in [1.29, 1.82) is 0 Å². The van der Waals surface area contributed by atoms with Crippen molar-refractivity contribution in [3.8, 4) is 0 Å². The van der Waals surface area contributed by atoms with E-state index in [9.17, 15) is 16.8 Å². The Hall–Kier alpha value is -1.34. The lowest BCUT2D eigenvalue weighted by atomic mass is 10.1. The topological polar surface area (TPSA) is 94.3 Å². The molecule has 0 saturated carbocycles. The molecule has 1 aliphatic rings. The molecule has 104 valence electrons. The van der Waals surface area contributed by atoms with Crippen molar-refractivity contribution in [2.45, 2.75) is 24.0 Å². The fourth-order valence-corrected chi connectivity index (χ4v) is 4.65. The molecule has 1 aliphatic heterocycles. The quantitative estimate of drug-likeness (QED) is 0.847. The van der Waals surface area contributed by atoms with Gasteiger partial charge in [0.05, 0.1) is 16.7 Å². The Kier molecular flexibility index (Phi) is 3.22. The molecule has 5 nitrogen and oxygen atoms in total. The smallest absolute Gasteiger partial charge is 0.202 e. The molecule has 0 aromatic heterocycles. The molecule has 2 N–H and O–H groups in total. The minimum Gasteiger partial charge on any atom is -0.398 e. The van der Waals surface area contributed by atoms with Crippen LogP contribution in [-0.2, 0) is 19.7 Å². The molecule has 1 heterocycles. The second-order valence-electron chi connectivity index (χ2n) is 4.77. The number of hydrogen-bond donors (Lipinski definition) is 1. The van der Waals surface area contributed by atoms with Gasteiger partial charge in [-0.15, -0.1) is 0 Å². The summed E-state index contributed by atoms with van der Waals surface area (Å²) < 4.78 is 47.8. The van der Waals surface area contributed by atoms with Crippen LogP contribution >= 0.6 is 0 Å². The Morgan fingerprint density at radius 1 is 1.26 bits per heavy atom. The van der Waals surface area contributed by atoms with E-state index in [0.29, 0.717) is 5.56 Å². The van der Waals surface area contributed by atoms with Gasteiger partial charge < -0.3 is 5.73 Å². The highest BCUT2D eigenvalue weighted by atomic mass is 32.2. The normalized spacial score (nSPS) is 17.3. The van der Waals surface area contributed by atoms with Gasteiger partial charge in [0.1, 0.15) is 4.90 Å². The predicted molar refractivity (Wildman–Crippen MR) is 74.9 cm³/mol. The van der Waals surface area contributed by atoms with Crippen LogP contribution in [0.3, 0.4) is 0 Å². The largest absolute Gasteiger partial charge is 0.398 e. The standard InChI is InChI=1S/C12H15NO4S2/c1-8(2)18(14,15)6-9-7-19(16,17)12-10(9)4-3-5-11(12)13/h3-5,7-8H,6,13H2,1-2H3. The SMILES string of the molecule is CC(C)S(=O)(=O)CC1=CS(=O)(=O)c2c(N)cccc21. The van der Waals surface area contributed by atoms with Crippen LogP contribution in [0, 0.1) is 0 Å². The zero-order chi connectivity index (χ0) is 14.4. The summed E-state index contributed by atoms with van der Waals surface area (Å²) in [6.45, 7) is 3.14. The van der Waals surface area contributed by atoms with Gasteiger partial charge in [-0.25, -0.2) is 16.8 Å². The summed E-state index contributed by atoms with van der Waals surface area (Å²) in [5.41, 5.74) is 6.50. The van der Waals surface area contributed by atoms with E-state index in [4.69, 9.17) is 5.73 Å². The molecular weight excluding hydrogens is 286 g/mol. The molecule has 19 heavy (non-hydrogen) atoms. The molecule has 0 saturated heterocycles. The second-order valence-corrected chi connectivity index (χ2v) is 9.06. The molecular formula is C12H15NO4S2. The summed E-state index contributed by atoms with van der Waals surface area (Å²) in [7, 11) is -7.00. The van der Waals surface area contributed by atoms with Gasteiger partial charge in [-0.3, -0.25) is 0 Å². The van der Waals surface area contributed by atoms with Crippen molar-refractivity contribution in [1.82, 2.24) is 0 Å². The van der Waals surface area contributed by atoms with Crippen molar-refractivity contribution in [2.24, 2.45) is 0 Å². The minimum absolute atomic E-state index is 0.0176. The van der Waals surface area contributed by atoms with Crippen LogP contribution in [0.5, 0.6) is 0 Å². The van der Waals surface area contributed by atoms with Crippen LogP contribution in [0.2, 0.25) is 0 Å². The number of anilines is 1. The third-order valence-electron chi connectivity index (χ3n) is 3.05. The first-order chi connectivity index (χ1) is 8.65. The molecule has 7 heteroatoms. The molecule has 0 unspecified atom stereocenters. The van der Waals surface area contributed by atoms with E-state index < -0.39 is 24.9 Å². The molecule has 0 spiro atoms. The first kappa shape index (κ1) is 14.1. The van der Waals surface area contributed by atoms with E-state index in [2.05, 4.69) is 0 Å². The van der Waals surface area contributed by atoms with Gasteiger partial charge in [-0.1, -0.05) is 12.1 Å². The van der Waals surface area contributed by atoms with E-state index in [1.54, 1.807) is 26.0 Å². The number of nitrogen functional groups attached to an aromatic ring is 1. The summed E-state index contributed by atoms with van der Waals surface area (Å²) in [5, 5.41) is 0.453. The summed E-state index contributed by atoms with van der Waals surface area (Å²) in [4.78, 5) is 0.0176. The molecule has 0 atom stereocenters. The van der Waals surface area contributed by atoms with Crippen molar-refractivity contribution in [2.75, 3.05) is 11.5 Å². The maximum atomic E-state index is 12.0. The highest BCUT2D eigenvalue weighted by Crippen LogP contribution is 2.37. The van der Waals surface area contributed by atoms with Crippen molar-refractivity contribution < 1.29 is 16.8 Å². The third-order valence-corrected chi connectivity index (χ3v) is 6.82. The Bertz CT molecular complexity index is 759. The lowest BCUT2D eigenvalue weighted by molar-refractivity contribution is 0.591. The fraction of sp³-hybridized carbons (Fsp3) is 0.333. The summed E-state index contributed by atoms with van der Waals surface area (Å²) in [6.07, 6.45) is 0. The first-order valence-electron chi connectivity index (χ1n) is 5.71. The Balaban J connectivity index is 2.57. The average molecular weight is 301 g/mol. The maximum absolute atomic E-state index is 12.0. The number of hydrogen-bond acceptors (Lipinski definition) is 5. The van der Waals surface area contributed by atoms with Gasteiger partial charge in [0, 0.05) is 11.0 Å². The Morgan fingerprint density at radius 3 is 2.47 bits per heavy atom. The van der Waals surface area contributed by atoms with Crippen molar-refractivity contribution in [3.05, 3.63) is 29.2 Å². The van der Waals surface area contributed by atoms with E-state index in [1.165, 1.54) is 6.07 Å². The molecule has 0 fully saturated rings. The minimum atomic E-state index is -3.64. The molecule has 0 amide bonds. The maximum Gasteiger partial charge on any atom is 0.202 e. The molecule has 0 bridgehead atoms. The summed E-state index contributed by atoms with van der Waals surface area (Å²) >= 11 is 0. The van der Waals surface area contributed by atoms with Crippen LogP contribution in [0.25, 0.3) is 5.57 Å². The first-order valence-corrected chi connectivity index (χ1v) is 8.97. The zero-order valence-electron chi connectivity index (χ0n) is 10.6. The van der Waals surface area contributed by atoms with E-state index in [0.717, 1.165) is 5.41 Å². The van der Waals surface area contributed by atoms with Crippen LogP contribution in [0.15, 0.2) is 28.5 Å². The van der Waals surface area contributed by atoms with E-state index in [-0.39, 0.29) is 21.9 Å². The molecule has 0 aliphatic carbocycles. The highest BCUT2D eigenvalue weighted by molar-refractivity contribution is 7.95. The van der Waals surface area contributed by atoms with Crippen LogP contribution in [-0.4, -0.2) is 27.8 Å². The average Bonchev–Trinajstić information content (AvgIpc) is 2.50. The van der Waals surface area contributed by atoms with Gasteiger partial charge in [0.25, 0.3) is 0 Å². The number of sulfone groups is 2. The van der Waals surface area contributed by atoms with Crippen LogP contribution in [0.4, 0.5) is 5.69 Å². The van der Waals surface area contributed by atoms with E-state index in [1.807, 2.05) is 0 Å². The lowest BCUT2D eigenvalue weighted by Gasteiger charge is -2.09. The number of nitrogens with two attached hydrogens (primary N) is 1. The predicted octanol–water partition coefficient (Wildman–Crippen LogP) is 1.22. The van der Waals surface area contributed by atoms with Crippen molar-refractivity contribution in [3.63, 3.8) is 0 Å². The van der Waals surface area contributed by atoms with Crippen LogP contribution in [0.1, 0.15) is 19.4 Å². The third kappa shape index (κ3) is 2.40. The summed E-state index contributed by atoms with van der Waals surface area (Å²) in [5.74, 6) is -0.291. The monoisotopic (exact) mass is 301 g/mol. The summed E-state index contributed by atoms with van der Waals surface area (Å²) in [6, 6.07) is 4.69. The van der Waals surface area contributed by atoms with Gasteiger partial charge >= 0.3 is 0 Å². The second kappa shape index (κ2) is 4.35. The number of fused-ring (bicyclic) bond motifs is 1. The molecule has 2 rings (SSSR count). The Morgan fingerprint density at radius 2 is 1.89 bits per heavy atom. The van der Waals surface area contributed by atoms with E-state index >= 15 is 0 Å². The zero-order valence-corrected chi connectivity index (χ0v) is 12.3. The highest BCUT2D eigenvalue weighted by Gasteiger charge is 2.32. The number of benzene rings is 1. The van der Waals surface area contributed by atoms with Gasteiger partial charge in [-0.2, -0.15) is 0 Å². The van der Waals surface area contributed by atoms with Gasteiger partial charge in [0.15, 0.2) is 9.84 Å². The molecule has 1 aromatic carbocycles. The fourth-order valence-electron chi connectivity index (χ4n) is 1.93. The number of rotatable bonds is 3. The lowest BCUT2D eigenvalue weighted by Crippen LogP contribution is -2.18. The molecule has 0 radical (unpaired) electrons.